The zero-order valence-electron chi connectivity index (χ0n) is 17.8. The largest absolute Gasteiger partial charge is 0.466 e. The third kappa shape index (κ3) is 36.6. The van der Waals surface area contributed by atoms with Crippen LogP contribution in [0.15, 0.2) is 0 Å². The summed E-state index contributed by atoms with van der Waals surface area (Å²) in [5, 5.41) is 8.47. The van der Waals surface area contributed by atoms with E-state index in [2.05, 4.69) is 13.3 Å². The first-order valence-electron chi connectivity index (χ1n) is 9.98. The van der Waals surface area contributed by atoms with E-state index in [0.29, 0.717) is 32.5 Å². The summed E-state index contributed by atoms with van der Waals surface area (Å²) in [7, 11) is 1.08. The molecule has 0 aromatic heterocycles. The van der Waals surface area contributed by atoms with Crippen LogP contribution in [0.25, 0.3) is 0 Å². The van der Waals surface area contributed by atoms with Gasteiger partial charge in [-0.3, -0.25) is 9.59 Å². The zero-order chi connectivity index (χ0) is 21.2. The SMILES string of the molecule is CCOC(=O)CCCCCC=O.CCOC(=O)CCCCCCO.CPC. The number of hydrogen-bond acceptors (Lipinski definition) is 6. The number of aliphatic hydroxyl groups excluding tert-OH is 1. The van der Waals surface area contributed by atoms with Crippen molar-refractivity contribution in [1.82, 2.24) is 0 Å². The number of aldehydes is 1. The van der Waals surface area contributed by atoms with Crippen molar-refractivity contribution in [3.8, 4) is 0 Å². The average molecular weight is 409 g/mol. The molecule has 0 rings (SSSR count). The monoisotopic (exact) mass is 408 g/mol. The van der Waals surface area contributed by atoms with Crippen molar-refractivity contribution < 1.29 is 29.0 Å². The Hall–Kier alpha value is -1.00. The van der Waals surface area contributed by atoms with Gasteiger partial charge >= 0.3 is 11.9 Å². The molecule has 0 unspecified atom stereocenters. The fourth-order valence-electron chi connectivity index (χ4n) is 1.87. The quantitative estimate of drug-likeness (QED) is 0.201. The van der Waals surface area contributed by atoms with E-state index >= 15 is 0 Å². The second kappa shape index (κ2) is 29.8. The Morgan fingerprint density at radius 1 is 0.815 bits per heavy atom. The highest BCUT2D eigenvalue weighted by Gasteiger charge is 2.00. The first kappa shape index (κ1) is 30.7. The van der Waals surface area contributed by atoms with E-state index < -0.39 is 0 Å². The number of carbonyl (C=O) groups excluding carboxylic acids is 3. The molecule has 0 aromatic rings. The maximum Gasteiger partial charge on any atom is 0.305 e. The summed E-state index contributed by atoms with van der Waals surface area (Å²) in [6.45, 7) is 9.08. The number of esters is 2. The van der Waals surface area contributed by atoms with Crippen LogP contribution in [0.3, 0.4) is 0 Å². The van der Waals surface area contributed by atoms with Crippen molar-refractivity contribution in [2.24, 2.45) is 0 Å². The molecule has 0 aliphatic heterocycles. The molecule has 162 valence electrons. The van der Waals surface area contributed by atoms with E-state index in [1.54, 1.807) is 6.92 Å². The van der Waals surface area contributed by atoms with E-state index in [4.69, 9.17) is 14.6 Å². The van der Waals surface area contributed by atoms with Gasteiger partial charge in [-0.2, -0.15) is 0 Å². The van der Waals surface area contributed by atoms with Crippen LogP contribution in [0.5, 0.6) is 0 Å². The zero-order valence-corrected chi connectivity index (χ0v) is 18.8. The Morgan fingerprint density at radius 2 is 1.22 bits per heavy atom. The molecule has 0 bridgehead atoms. The van der Waals surface area contributed by atoms with E-state index in [1.165, 1.54) is 0 Å². The molecule has 0 aliphatic rings. The normalized spacial score (nSPS) is 9.22. The van der Waals surface area contributed by atoms with E-state index in [9.17, 15) is 14.4 Å². The van der Waals surface area contributed by atoms with Crippen molar-refractivity contribution in [2.45, 2.75) is 78.1 Å². The Kier molecular flexibility index (Phi) is 33.8. The predicted molar refractivity (Wildman–Crippen MR) is 113 cm³/mol. The minimum Gasteiger partial charge on any atom is -0.466 e. The second-order valence-corrected chi connectivity index (χ2v) is 6.76. The lowest BCUT2D eigenvalue weighted by atomic mass is 10.1. The molecule has 0 amide bonds. The Balaban J connectivity index is -0.000000372. The fraction of sp³-hybridized carbons (Fsp3) is 0.850. The van der Waals surface area contributed by atoms with Crippen LogP contribution in [0.4, 0.5) is 0 Å². The molecular formula is C20H41O6P. The number of rotatable bonds is 14. The molecule has 0 saturated carbocycles. The van der Waals surface area contributed by atoms with Crippen LogP contribution in [0, 0.1) is 0 Å². The van der Waals surface area contributed by atoms with E-state index in [1.807, 2.05) is 6.92 Å². The number of hydrogen-bond donors (Lipinski definition) is 1. The lowest BCUT2D eigenvalue weighted by molar-refractivity contribution is -0.144. The highest BCUT2D eigenvalue weighted by molar-refractivity contribution is 7.35. The third-order valence-corrected chi connectivity index (χ3v) is 3.10. The number of unbranched alkanes of at least 4 members (excludes halogenated alkanes) is 6. The molecule has 0 atom stereocenters. The van der Waals surface area contributed by atoms with Gasteiger partial charge in [0, 0.05) is 25.9 Å². The Morgan fingerprint density at radius 3 is 1.59 bits per heavy atom. The smallest absolute Gasteiger partial charge is 0.305 e. The number of ether oxygens (including phenoxy) is 2. The maximum atomic E-state index is 10.8. The highest BCUT2D eigenvalue weighted by atomic mass is 31.1. The van der Waals surface area contributed by atoms with Gasteiger partial charge in [-0.15, -0.1) is 8.58 Å². The lowest BCUT2D eigenvalue weighted by Gasteiger charge is -2.00. The summed E-state index contributed by atoms with van der Waals surface area (Å²) in [6, 6.07) is 0. The molecule has 0 radical (unpaired) electrons. The molecule has 0 heterocycles. The average Bonchev–Trinajstić information content (AvgIpc) is 2.63. The molecule has 7 heteroatoms. The minimum absolute atomic E-state index is 0.110. The van der Waals surface area contributed by atoms with E-state index in [0.717, 1.165) is 59.8 Å². The molecule has 6 nitrogen and oxygen atoms in total. The van der Waals surface area contributed by atoms with Gasteiger partial charge in [0.25, 0.3) is 0 Å². The standard InChI is InChI=1S/C9H18O3.C9H16O3.C2H7P/c2*1-2-12-9(11)7-5-3-4-6-8-10;1-3-2/h10H,2-8H2,1H3;8H,2-7H2,1H3;3H,1-2H3. The van der Waals surface area contributed by atoms with Crippen molar-refractivity contribution in [3.05, 3.63) is 0 Å². The predicted octanol–water partition coefficient (Wildman–Crippen LogP) is 4.12. The Labute approximate surface area is 167 Å². The maximum absolute atomic E-state index is 10.8. The van der Waals surface area contributed by atoms with Crippen LogP contribution in [0.1, 0.15) is 78.1 Å². The molecule has 27 heavy (non-hydrogen) atoms. The molecule has 0 aliphatic carbocycles. The second-order valence-electron chi connectivity index (χ2n) is 5.76. The molecule has 0 saturated heterocycles. The van der Waals surface area contributed by atoms with Gasteiger partial charge in [0.1, 0.15) is 6.29 Å². The molecule has 0 spiro atoms. The topological polar surface area (TPSA) is 89.9 Å². The molecule has 1 N–H and O–H groups in total. The van der Waals surface area contributed by atoms with Crippen LogP contribution >= 0.6 is 8.58 Å². The van der Waals surface area contributed by atoms with Gasteiger partial charge in [0.15, 0.2) is 0 Å². The van der Waals surface area contributed by atoms with Crippen LogP contribution in [0.2, 0.25) is 0 Å². The first-order valence-corrected chi connectivity index (χ1v) is 12.0. The Bertz CT molecular complexity index is 324. The highest BCUT2D eigenvalue weighted by Crippen LogP contribution is 2.03. The van der Waals surface area contributed by atoms with Crippen LogP contribution in [-0.4, -0.2) is 56.5 Å². The van der Waals surface area contributed by atoms with E-state index in [-0.39, 0.29) is 18.5 Å². The van der Waals surface area contributed by atoms with Gasteiger partial charge in [0.05, 0.1) is 13.2 Å². The summed E-state index contributed by atoms with van der Waals surface area (Å²) in [6.07, 6.45) is 8.84. The summed E-state index contributed by atoms with van der Waals surface area (Å²) in [5.74, 6) is -0.245. The summed E-state index contributed by atoms with van der Waals surface area (Å²) >= 11 is 0. The number of aliphatic hydroxyl groups is 1. The molecular weight excluding hydrogens is 367 g/mol. The molecule has 0 fully saturated rings. The van der Waals surface area contributed by atoms with Crippen LogP contribution in [-0.2, 0) is 23.9 Å². The van der Waals surface area contributed by atoms with Crippen molar-refractivity contribution in [2.75, 3.05) is 33.2 Å². The van der Waals surface area contributed by atoms with Crippen molar-refractivity contribution in [3.63, 3.8) is 0 Å². The third-order valence-electron chi connectivity index (χ3n) is 3.10. The van der Waals surface area contributed by atoms with Gasteiger partial charge in [0.2, 0.25) is 0 Å². The van der Waals surface area contributed by atoms with Gasteiger partial charge < -0.3 is 19.4 Å². The first-order chi connectivity index (χ1) is 13.0. The number of carbonyl (C=O) groups is 3. The molecule has 0 aromatic carbocycles. The summed E-state index contributed by atoms with van der Waals surface area (Å²) in [4.78, 5) is 31.5. The van der Waals surface area contributed by atoms with Crippen molar-refractivity contribution in [1.29, 1.82) is 0 Å². The lowest BCUT2D eigenvalue weighted by Crippen LogP contribution is -2.03. The summed E-state index contributed by atoms with van der Waals surface area (Å²) < 4.78 is 9.50. The van der Waals surface area contributed by atoms with Crippen molar-refractivity contribution >= 4 is 26.8 Å². The van der Waals surface area contributed by atoms with Gasteiger partial charge in [-0.05, 0) is 52.9 Å². The van der Waals surface area contributed by atoms with Gasteiger partial charge in [-0.1, -0.05) is 19.3 Å². The fourth-order valence-corrected chi connectivity index (χ4v) is 1.87. The summed E-state index contributed by atoms with van der Waals surface area (Å²) in [5.41, 5.74) is 0. The minimum atomic E-state index is -0.136. The van der Waals surface area contributed by atoms with Crippen LogP contribution < -0.4 is 0 Å². The van der Waals surface area contributed by atoms with Gasteiger partial charge in [-0.25, -0.2) is 0 Å².